The van der Waals surface area contributed by atoms with Crippen LogP contribution in [0.15, 0.2) is 28.1 Å². The van der Waals surface area contributed by atoms with E-state index in [1.165, 1.54) is 20.1 Å². The fraction of sp³-hybridized carbons (Fsp3) is 0.200. The van der Waals surface area contributed by atoms with Gasteiger partial charge in [0.1, 0.15) is 0 Å². The molecule has 0 unspecified atom stereocenters. The first-order chi connectivity index (χ1) is 5.81. The lowest BCUT2D eigenvalue weighted by Gasteiger charge is -1.98. The van der Waals surface area contributed by atoms with Gasteiger partial charge >= 0.3 is 0 Å². The molecule has 2 heteroatoms. The molecule has 0 aliphatic carbocycles. The zero-order valence-electron chi connectivity index (χ0n) is 6.80. The molecule has 0 aliphatic rings. The summed E-state index contributed by atoms with van der Waals surface area (Å²) in [6.45, 7) is 2.18. The standard InChI is InChI=1S/C10H9BrS/c1-2-7-5-9(11)8-3-4-12-10(8)6-7/h3-6H,2H2,1H3. The van der Waals surface area contributed by atoms with Crippen LogP contribution in [0.4, 0.5) is 0 Å². The monoisotopic (exact) mass is 240 g/mol. The van der Waals surface area contributed by atoms with Crippen LogP contribution >= 0.6 is 27.3 Å². The average Bonchev–Trinajstić information content (AvgIpc) is 2.52. The predicted molar refractivity (Wildman–Crippen MR) is 58.9 cm³/mol. The normalized spacial score (nSPS) is 10.8. The molecule has 0 saturated carbocycles. The molecule has 0 amide bonds. The molecule has 0 atom stereocenters. The first-order valence-corrected chi connectivity index (χ1v) is 5.64. The number of halogens is 1. The van der Waals surface area contributed by atoms with E-state index in [1.54, 1.807) is 11.3 Å². The lowest BCUT2D eigenvalue weighted by atomic mass is 10.1. The quantitative estimate of drug-likeness (QED) is 0.701. The number of benzene rings is 1. The number of hydrogen-bond acceptors (Lipinski definition) is 1. The van der Waals surface area contributed by atoms with Gasteiger partial charge in [-0.15, -0.1) is 11.3 Å². The number of hydrogen-bond donors (Lipinski definition) is 0. The van der Waals surface area contributed by atoms with Crippen molar-refractivity contribution in [1.82, 2.24) is 0 Å². The van der Waals surface area contributed by atoms with Crippen molar-refractivity contribution in [1.29, 1.82) is 0 Å². The number of rotatable bonds is 1. The minimum atomic E-state index is 1.10. The molecule has 1 aromatic carbocycles. The van der Waals surface area contributed by atoms with E-state index in [0.29, 0.717) is 0 Å². The molecule has 0 N–H and O–H groups in total. The highest BCUT2D eigenvalue weighted by atomic mass is 79.9. The van der Waals surface area contributed by atoms with Gasteiger partial charge in [0.05, 0.1) is 0 Å². The Morgan fingerprint density at radius 1 is 1.42 bits per heavy atom. The Labute approximate surface area is 84.4 Å². The molecular weight excluding hydrogens is 232 g/mol. The van der Waals surface area contributed by atoms with Crippen molar-refractivity contribution >= 4 is 37.4 Å². The van der Waals surface area contributed by atoms with Gasteiger partial charge in [-0.2, -0.15) is 0 Å². The van der Waals surface area contributed by atoms with Crippen molar-refractivity contribution in [3.05, 3.63) is 33.6 Å². The Hall–Kier alpha value is -0.340. The van der Waals surface area contributed by atoms with Crippen molar-refractivity contribution in [2.45, 2.75) is 13.3 Å². The topological polar surface area (TPSA) is 0 Å². The van der Waals surface area contributed by atoms with E-state index in [2.05, 4.69) is 46.4 Å². The van der Waals surface area contributed by atoms with E-state index in [9.17, 15) is 0 Å². The molecule has 1 heterocycles. The van der Waals surface area contributed by atoms with E-state index in [1.807, 2.05) is 0 Å². The molecule has 0 radical (unpaired) electrons. The van der Waals surface area contributed by atoms with Gasteiger partial charge in [-0.05, 0) is 35.6 Å². The summed E-state index contributed by atoms with van der Waals surface area (Å²) in [5, 5.41) is 3.46. The third-order valence-electron chi connectivity index (χ3n) is 1.99. The summed E-state index contributed by atoms with van der Waals surface area (Å²) in [6, 6.07) is 6.63. The summed E-state index contributed by atoms with van der Waals surface area (Å²) >= 11 is 5.38. The van der Waals surface area contributed by atoms with Crippen molar-refractivity contribution in [3.8, 4) is 0 Å². The largest absolute Gasteiger partial charge is 0.144 e. The van der Waals surface area contributed by atoms with E-state index in [4.69, 9.17) is 0 Å². The molecule has 0 spiro atoms. The van der Waals surface area contributed by atoms with Crippen LogP contribution in [0.2, 0.25) is 0 Å². The molecule has 0 saturated heterocycles. The Morgan fingerprint density at radius 2 is 2.25 bits per heavy atom. The third kappa shape index (κ3) is 1.29. The summed E-state index contributed by atoms with van der Waals surface area (Å²) in [7, 11) is 0. The van der Waals surface area contributed by atoms with E-state index < -0.39 is 0 Å². The van der Waals surface area contributed by atoms with Crippen LogP contribution in [0.5, 0.6) is 0 Å². The minimum Gasteiger partial charge on any atom is -0.144 e. The van der Waals surface area contributed by atoms with Gasteiger partial charge in [0.15, 0.2) is 0 Å². The molecule has 12 heavy (non-hydrogen) atoms. The summed E-state index contributed by atoms with van der Waals surface area (Å²) in [5.74, 6) is 0. The van der Waals surface area contributed by atoms with Gasteiger partial charge in [0.2, 0.25) is 0 Å². The maximum absolute atomic E-state index is 3.57. The Morgan fingerprint density at radius 3 is 3.00 bits per heavy atom. The second-order valence-electron chi connectivity index (χ2n) is 2.76. The van der Waals surface area contributed by atoms with Crippen LogP contribution in [-0.4, -0.2) is 0 Å². The van der Waals surface area contributed by atoms with Gasteiger partial charge in [-0.1, -0.05) is 22.9 Å². The van der Waals surface area contributed by atoms with Gasteiger partial charge < -0.3 is 0 Å². The second kappa shape index (κ2) is 3.19. The summed E-state index contributed by atoms with van der Waals surface area (Å²) in [6.07, 6.45) is 1.10. The fourth-order valence-corrected chi connectivity index (χ4v) is 2.93. The molecule has 0 aliphatic heterocycles. The van der Waals surface area contributed by atoms with Gasteiger partial charge in [-0.25, -0.2) is 0 Å². The van der Waals surface area contributed by atoms with Crippen molar-refractivity contribution in [2.75, 3.05) is 0 Å². The van der Waals surface area contributed by atoms with Gasteiger partial charge in [-0.3, -0.25) is 0 Å². The first-order valence-electron chi connectivity index (χ1n) is 3.97. The van der Waals surface area contributed by atoms with Crippen LogP contribution in [0.1, 0.15) is 12.5 Å². The SMILES string of the molecule is CCc1cc(Br)c2ccsc2c1. The predicted octanol–water partition coefficient (Wildman–Crippen LogP) is 4.23. The molecule has 1 aromatic heterocycles. The number of aryl methyl sites for hydroxylation is 1. The van der Waals surface area contributed by atoms with Crippen LogP contribution in [0, 0.1) is 0 Å². The summed E-state index contributed by atoms with van der Waals surface area (Å²) < 4.78 is 2.60. The van der Waals surface area contributed by atoms with E-state index in [0.717, 1.165) is 6.42 Å². The maximum atomic E-state index is 3.57. The van der Waals surface area contributed by atoms with Crippen molar-refractivity contribution in [3.63, 3.8) is 0 Å². The molecule has 0 bridgehead atoms. The van der Waals surface area contributed by atoms with Crippen molar-refractivity contribution in [2.24, 2.45) is 0 Å². The van der Waals surface area contributed by atoms with Crippen LogP contribution in [-0.2, 0) is 6.42 Å². The Bertz CT molecular complexity index is 403. The van der Waals surface area contributed by atoms with Crippen molar-refractivity contribution < 1.29 is 0 Å². The van der Waals surface area contributed by atoms with Gasteiger partial charge in [0, 0.05) is 14.6 Å². The fourth-order valence-electron chi connectivity index (χ4n) is 1.28. The molecule has 62 valence electrons. The lowest BCUT2D eigenvalue weighted by Crippen LogP contribution is -1.78. The lowest BCUT2D eigenvalue weighted by molar-refractivity contribution is 1.14. The van der Waals surface area contributed by atoms with E-state index >= 15 is 0 Å². The maximum Gasteiger partial charge on any atom is 0.0356 e. The smallest absolute Gasteiger partial charge is 0.0356 e. The zero-order valence-corrected chi connectivity index (χ0v) is 9.21. The zero-order chi connectivity index (χ0) is 8.55. The van der Waals surface area contributed by atoms with E-state index in [-0.39, 0.29) is 0 Å². The summed E-state index contributed by atoms with van der Waals surface area (Å²) in [5.41, 5.74) is 1.40. The average molecular weight is 241 g/mol. The highest BCUT2D eigenvalue weighted by molar-refractivity contribution is 9.10. The molecule has 0 fully saturated rings. The molecule has 2 aromatic rings. The van der Waals surface area contributed by atoms with Crippen LogP contribution in [0.3, 0.4) is 0 Å². The highest BCUT2D eigenvalue weighted by Crippen LogP contribution is 2.29. The number of thiophene rings is 1. The molecular formula is C10H9BrS. The number of fused-ring (bicyclic) bond motifs is 1. The molecule has 0 nitrogen and oxygen atoms in total. The molecule has 2 rings (SSSR count). The Kier molecular flexibility index (Phi) is 2.20. The Balaban J connectivity index is 2.75. The minimum absolute atomic E-state index is 1.10. The van der Waals surface area contributed by atoms with Crippen LogP contribution < -0.4 is 0 Å². The summed E-state index contributed by atoms with van der Waals surface area (Å²) in [4.78, 5) is 0. The second-order valence-corrected chi connectivity index (χ2v) is 4.57. The van der Waals surface area contributed by atoms with Gasteiger partial charge in [0.25, 0.3) is 0 Å². The third-order valence-corrected chi connectivity index (χ3v) is 3.51. The highest BCUT2D eigenvalue weighted by Gasteiger charge is 2.01. The van der Waals surface area contributed by atoms with Crippen LogP contribution in [0.25, 0.3) is 10.1 Å². The first kappa shape index (κ1) is 8.27.